The average Bonchev–Trinajstić information content (AvgIpc) is 2.53. The lowest BCUT2D eigenvalue weighted by Crippen LogP contribution is -1.79. The van der Waals surface area contributed by atoms with Crippen LogP contribution in [0.3, 0.4) is 0 Å². The van der Waals surface area contributed by atoms with E-state index < -0.39 is 0 Å². The number of fused-ring (bicyclic) bond motifs is 1. The minimum atomic E-state index is 1.19. The van der Waals surface area contributed by atoms with Crippen LogP contribution in [0.4, 0.5) is 0 Å². The van der Waals surface area contributed by atoms with Gasteiger partial charge in [0.25, 0.3) is 0 Å². The van der Waals surface area contributed by atoms with E-state index in [9.17, 15) is 0 Å². The summed E-state index contributed by atoms with van der Waals surface area (Å²) >= 11 is 0. The van der Waals surface area contributed by atoms with Crippen LogP contribution in [0.2, 0.25) is 0 Å². The molecule has 0 saturated carbocycles. The molecule has 2 aliphatic rings. The Hall–Kier alpha value is -0.780. The average molecular weight is 146 g/mol. The third kappa shape index (κ3) is 0.891. The summed E-state index contributed by atoms with van der Waals surface area (Å²) in [7, 11) is 0. The van der Waals surface area contributed by atoms with Gasteiger partial charge in [0.05, 0.1) is 0 Å². The van der Waals surface area contributed by atoms with Crippen LogP contribution in [0.15, 0.2) is 34.4 Å². The Morgan fingerprint density at radius 1 is 1.45 bits per heavy atom. The Kier molecular flexibility index (Phi) is 1.49. The molecule has 0 heteroatoms. The van der Waals surface area contributed by atoms with E-state index in [-0.39, 0.29) is 0 Å². The minimum Gasteiger partial charge on any atom is -0.0764 e. The monoisotopic (exact) mass is 146 g/mol. The van der Waals surface area contributed by atoms with Crippen molar-refractivity contribution < 1.29 is 0 Å². The summed E-state index contributed by atoms with van der Waals surface area (Å²) in [6.45, 7) is 4.48. The van der Waals surface area contributed by atoms with Gasteiger partial charge in [-0.1, -0.05) is 19.1 Å². The highest BCUT2D eigenvalue weighted by molar-refractivity contribution is 5.60. The second-order valence-electron chi connectivity index (χ2n) is 3.33. The maximum absolute atomic E-state index is 2.38. The highest BCUT2D eigenvalue weighted by Crippen LogP contribution is 2.39. The van der Waals surface area contributed by atoms with Crippen molar-refractivity contribution in [1.29, 1.82) is 0 Å². The van der Waals surface area contributed by atoms with Crippen molar-refractivity contribution in [2.45, 2.75) is 33.1 Å². The van der Waals surface area contributed by atoms with Gasteiger partial charge in [0, 0.05) is 0 Å². The summed E-state index contributed by atoms with van der Waals surface area (Å²) in [6.07, 6.45) is 8.48. The van der Waals surface area contributed by atoms with Crippen LogP contribution in [0.25, 0.3) is 0 Å². The molecule has 0 saturated heterocycles. The third-order valence-electron chi connectivity index (χ3n) is 2.72. The summed E-state index contributed by atoms with van der Waals surface area (Å²) < 4.78 is 0. The molecule has 11 heavy (non-hydrogen) atoms. The molecular weight excluding hydrogens is 132 g/mol. The van der Waals surface area contributed by atoms with Crippen molar-refractivity contribution in [2.75, 3.05) is 0 Å². The molecule has 0 radical (unpaired) electrons. The van der Waals surface area contributed by atoms with Crippen molar-refractivity contribution >= 4 is 0 Å². The lowest BCUT2D eigenvalue weighted by molar-refractivity contribution is 1.05. The highest BCUT2D eigenvalue weighted by Gasteiger charge is 2.19. The largest absolute Gasteiger partial charge is 0.0764 e. The Balaban J connectivity index is 2.42. The molecule has 0 amide bonds. The second kappa shape index (κ2) is 2.37. The molecule has 0 nitrogen and oxygen atoms in total. The zero-order valence-electron chi connectivity index (χ0n) is 7.28. The van der Waals surface area contributed by atoms with Crippen LogP contribution in [-0.4, -0.2) is 0 Å². The van der Waals surface area contributed by atoms with Gasteiger partial charge >= 0.3 is 0 Å². The summed E-state index contributed by atoms with van der Waals surface area (Å²) in [5, 5.41) is 0. The van der Waals surface area contributed by atoms with Gasteiger partial charge in [-0.15, -0.1) is 0 Å². The summed E-state index contributed by atoms with van der Waals surface area (Å²) in [5.74, 6) is 0. The molecule has 2 aliphatic carbocycles. The molecule has 0 atom stereocenters. The molecular formula is C11H14. The minimum absolute atomic E-state index is 1.19. The summed E-state index contributed by atoms with van der Waals surface area (Å²) in [4.78, 5) is 0. The van der Waals surface area contributed by atoms with E-state index in [0.29, 0.717) is 0 Å². The fraction of sp³-hybridized carbons (Fsp3) is 0.455. The lowest BCUT2D eigenvalue weighted by atomic mass is 10.1. The first-order chi connectivity index (χ1) is 5.33. The normalized spacial score (nSPS) is 22.0. The van der Waals surface area contributed by atoms with Gasteiger partial charge in [0.1, 0.15) is 0 Å². The van der Waals surface area contributed by atoms with Crippen molar-refractivity contribution in [3.63, 3.8) is 0 Å². The summed E-state index contributed by atoms with van der Waals surface area (Å²) in [5.41, 5.74) is 6.20. The SMILES string of the molecule is CCC1=C(C)C2=CCCC2=C1. The standard InChI is InChI=1S/C11H14/c1-3-9-7-10-5-4-6-11(10)8(9)2/h6-7H,3-5H2,1-2H3. The maximum atomic E-state index is 2.38. The predicted molar refractivity (Wildman–Crippen MR) is 48.4 cm³/mol. The van der Waals surface area contributed by atoms with Crippen LogP contribution in [-0.2, 0) is 0 Å². The molecule has 0 N–H and O–H groups in total. The van der Waals surface area contributed by atoms with Crippen LogP contribution in [0.1, 0.15) is 33.1 Å². The third-order valence-corrected chi connectivity index (χ3v) is 2.72. The van der Waals surface area contributed by atoms with Gasteiger partial charge in [-0.05, 0) is 48.5 Å². The molecule has 0 aromatic rings. The van der Waals surface area contributed by atoms with Gasteiger partial charge in [-0.3, -0.25) is 0 Å². The van der Waals surface area contributed by atoms with E-state index in [1.807, 2.05) is 0 Å². The van der Waals surface area contributed by atoms with Crippen molar-refractivity contribution in [3.8, 4) is 0 Å². The van der Waals surface area contributed by atoms with E-state index in [2.05, 4.69) is 26.0 Å². The topological polar surface area (TPSA) is 0 Å². The van der Waals surface area contributed by atoms with Gasteiger partial charge in [-0.2, -0.15) is 0 Å². The zero-order valence-corrected chi connectivity index (χ0v) is 7.28. The molecule has 0 fully saturated rings. The Morgan fingerprint density at radius 2 is 2.27 bits per heavy atom. The first-order valence-electron chi connectivity index (χ1n) is 4.44. The summed E-state index contributed by atoms with van der Waals surface area (Å²) in [6, 6.07) is 0. The van der Waals surface area contributed by atoms with Gasteiger partial charge in [0.2, 0.25) is 0 Å². The first-order valence-corrected chi connectivity index (χ1v) is 4.44. The molecule has 0 unspecified atom stereocenters. The molecule has 2 rings (SSSR count). The van der Waals surface area contributed by atoms with Crippen LogP contribution < -0.4 is 0 Å². The number of allylic oxidation sites excluding steroid dienone is 6. The van der Waals surface area contributed by atoms with Gasteiger partial charge in [0.15, 0.2) is 0 Å². The number of hydrogen-bond donors (Lipinski definition) is 0. The zero-order chi connectivity index (χ0) is 7.84. The van der Waals surface area contributed by atoms with E-state index in [0.717, 1.165) is 0 Å². The molecule has 0 bridgehead atoms. The lowest BCUT2D eigenvalue weighted by Gasteiger charge is -1.98. The van der Waals surface area contributed by atoms with E-state index in [1.54, 1.807) is 16.7 Å². The van der Waals surface area contributed by atoms with Crippen molar-refractivity contribution in [1.82, 2.24) is 0 Å². The maximum Gasteiger partial charge on any atom is -0.0232 e. The van der Waals surface area contributed by atoms with Gasteiger partial charge < -0.3 is 0 Å². The van der Waals surface area contributed by atoms with Crippen LogP contribution >= 0.6 is 0 Å². The Bertz CT molecular complexity index is 274. The Morgan fingerprint density at radius 3 is 2.91 bits per heavy atom. The molecule has 0 aromatic carbocycles. The molecule has 0 aliphatic heterocycles. The number of hydrogen-bond acceptors (Lipinski definition) is 0. The van der Waals surface area contributed by atoms with E-state index in [4.69, 9.17) is 0 Å². The van der Waals surface area contributed by atoms with Crippen molar-refractivity contribution in [3.05, 3.63) is 34.4 Å². The van der Waals surface area contributed by atoms with Crippen molar-refractivity contribution in [2.24, 2.45) is 0 Å². The smallest absolute Gasteiger partial charge is 0.0232 e. The quantitative estimate of drug-likeness (QED) is 0.532. The van der Waals surface area contributed by atoms with Gasteiger partial charge in [-0.25, -0.2) is 0 Å². The number of rotatable bonds is 1. The van der Waals surface area contributed by atoms with E-state index >= 15 is 0 Å². The molecule has 0 aromatic heterocycles. The molecule has 58 valence electrons. The second-order valence-corrected chi connectivity index (χ2v) is 3.33. The predicted octanol–water partition coefficient (Wildman–Crippen LogP) is 3.37. The first kappa shape index (κ1) is 6.90. The molecule has 0 heterocycles. The molecule has 0 spiro atoms. The van der Waals surface area contributed by atoms with Crippen LogP contribution in [0, 0.1) is 0 Å². The Labute approximate surface area is 68.3 Å². The van der Waals surface area contributed by atoms with E-state index in [1.165, 1.54) is 24.8 Å². The highest BCUT2D eigenvalue weighted by atomic mass is 14.2. The van der Waals surface area contributed by atoms with Crippen LogP contribution in [0.5, 0.6) is 0 Å². The fourth-order valence-electron chi connectivity index (χ4n) is 2.04. The fourth-order valence-corrected chi connectivity index (χ4v) is 2.04.